The van der Waals surface area contributed by atoms with Crippen LogP contribution in [0.1, 0.15) is 24.7 Å². The summed E-state index contributed by atoms with van der Waals surface area (Å²) in [6.45, 7) is 1.33. The van der Waals surface area contributed by atoms with E-state index in [0.29, 0.717) is 11.5 Å². The standard InChI is InChI=1S/C17H18N2O5.CH4/c1-11(20)15(17(22)19-23)18-16(21)12-7-9-14(10-8-12)24-13-5-3-2-4-6-13;/h2-11,15,20,23H,1H3,(H,18,21)(H,19,22);1H4/t11-,15+;/m1./s1. The van der Waals surface area contributed by atoms with Crippen molar-refractivity contribution < 1.29 is 24.6 Å². The molecule has 0 aromatic heterocycles. The molecular weight excluding hydrogens is 324 g/mol. The minimum Gasteiger partial charge on any atom is -0.457 e. The lowest BCUT2D eigenvalue weighted by Crippen LogP contribution is -2.51. The second-order valence-corrected chi connectivity index (χ2v) is 5.11. The summed E-state index contributed by atoms with van der Waals surface area (Å²) in [6.07, 6.45) is -1.17. The zero-order valence-corrected chi connectivity index (χ0v) is 13.0. The second kappa shape index (κ2) is 9.41. The largest absolute Gasteiger partial charge is 0.457 e. The Morgan fingerprint density at radius 2 is 1.56 bits per heavy atom. The summed E-state index contributed by atoms with van der Waals surface area (Å²) in [4.78, 5) is 23.5. The summed E-state index contributed by atoms with van der Waals surface area (Å²) in [5.74, 6) is -0.237. The molecule has 4 N–H and O–H groups in total. The van der Waals surface area contributed by atoms with Crippen LogP contribution in [0.15, 0.2) is 54.6 Å². The van der Waals surface area contributed by atoms with Crippen LogP contribution in [0, 0.1) is 0 Å². The highest BCUT2D eigenvalue weighted by molar-refractivity contribution is 5.97. The van der Waals surface area contributed by atoms with Gasteiger partial charge in [-0.15, -0.1) is 0 Å². The van der Waals surface area contributed by atoms with E-state index < -0.39 is 24.0 Å². The van der Waals surface area contributed by atoms with Crippen molar-refractivity contribution in [2.45, 2.75) is 26.5 Å². The molecule has 2 aromatic rings. The number of nitrogens with one attached hydrogen (secondary N) is 2. The molecule has 7 nitrogen and oxygen atoms in total. The van der Waals surface area contributed by atoms with Crippen LogP contribution in [-0.2, 0) is 4.79 Å². The number of hydroxylamine groups is 1. The zero-order chi connectivity index (χ0) is 17.5. The summed E-state index contributed by atoms with van der Waals surface area (Å²) >= 11 is 0. The van der Waals surface area contributed by atoms with Gasteiger partial charge in [-0.25, -0.2) is 5.48 Å². The summed E-state index contributed by atoms with van der Waals surface area (Å²) in [7, 11) is 0. The lowest BCUT2D eigenvalue weighted by atomic mass is 10.1. The number of hydrogen-bond donors (Lipinski definition) is 4. The Bertz CT molecular complexity index is 686. The molecular formula is C18H22N2O5. The number of carbonyl (C=O) groups excluding carboxylic acids is 2. The number of ether oxygens (including phenoxy) is 1. The van der Waals surface area contributed by atoms with E-state index in [9.17, 15) is 14.7 Å². The fourth-order valence-corrected chi connectivity index (χ4v) is 2.00. The van der Waals surface area contributed by atoms with E-state index in [1.54, 1.807) is 24.3 Å². The molecule has 0 heterocycles. The molecule has 0 saturated carbocycles. The van der Waals surface area contributed by atoms with Gasteiger partial charge in [-0.2, -0.15) is 0 Å². The van der Waals surface area contributed by atoms with Crippen molar-refractivity contribution in [2.24, 2.45) is 0 Å². The van der Waals surface area contributed by atoms with Gasteiger partial charge < -0.3 is 15.2 Å². The van der Waals surface area contributed by atoms with Crippen molar-refractivity contribution in [1.82, 2.24) is 10.8 Å². The Kier molecular flexibility index (Phi) is 7.58. The number of para-hydroxylation sites is 1. The summed E-state index contributed by atoms with van der Waals surface area (Å²) in [6, 6.07) is 14.2. The number of carbonyl (C=O) groups is 2. The van der Waals surface area contributed by atoms with Gasteiger partial charge in [0.15, 0.2) is 0 Å². The number of aliphatic hydroxyl groups is 1. The molecule has 0 aliphatic heterocycles. The van der Waals surface area contributed by atoms with E-state index >= 15 is 0 Å². The number of rotatable bonds is 6. The topological polar surface area (TPSA) is 108 Å². The number of hydrogen-bond acceptors (Lipinski definition) is 5. The summed E-state index contributed by atoms with van der Waals surface area (Å²) < 4.78 is 5.62. The molecule has 25 heavy (non-hydrogen) atoms. The van der Waals surface area contributed by atoms with Crippen LogP contribution >= 0.6 is 0 Å². The van der Waals surface area contributed by atoms with Crippen LogP contribution in [0.2, 0.25) is 0 Å². The molecule has 134 valence electrons. The molecule has 2 atom stereocenters. The van der Waals surface area contributed by atoms with Gasteiger partial charge in [0.25, 0.3) is 11.8 Å². The monoisotopic (exact) mass is 346 g/mol. The molecule has 0 spiro atoms. The van der Waals surface area contributed by atoms with Crippen LogP contribution < -0.4 is 15.5 Å². The van der Waals surface area contributed by atoms with Gasteiger partial charge in [-0.05, 0) is 43.3 Å². The van der Waals surface area contributed by atoms with E-state index in [0.717, 1.165) is 0 Å². The van der Waals surface area contributed by atoms with Crippen LogP contribution in [0.4, 0.5) is 0 Å². The van der Waals surface area contributed by atoms with Crippen LogP contribution in [0.3, 0.4) is 0 Å². The molecule has 0 saturated heterocycles. The van der Waals surface area contributed by atoms with Crippen molar-refractivity contribution in [3.63, 3.8) is 0 Å². The highest BCUT2D eigenvalue weighted by Crippen LogP contribution is 2.21. The maximum atomic E-state index is 12.1. The second-order valence-electron chi connectivity index (χ2n) is 5.11. The lowest BCUT2D eigenvalue weighted by molar-refractivity contribution is -0.133. The Morgan fingerprint density at radius 3 is 2.08 bits per heavy atom. The molecule has 0 unspecified atom stereocenters. The first-order chi connectivity index (χ1) is 11.5. The van der Waals surface area contributed by atoms with Gasteiger partial charge in [-0.3, -0.25) is 14.8 Å². The van der Waals surface area contributed by atoms with E-state index in [2.05, 4.69) is 5.32 Å². The van der Waals surface area contributed by atoms with Gasteiger partial charge in [0, 0.05) is 5.56 Å². The fraction of sp³-hybridized carbons (Fsp3) is 0.222. The van der Waals surface area contributed by atoms with Gasteiger partial charge in [0.1, 0.15) is 17.5 Å². The lowest BCUT2D eigenvalue weighted by Gasteiger charge is -2.19. The van der Waals surface area contributed by atoms with E-state index in [1.807, 2.05) is 18.2 Å². The van der Waals surface area contributed by atoms with E-state index in [-0.39, 0.29) is 13.0 Å². The summed E-state index contributed by atoms with van der Waals surface area (Å²) in [5.41, 5.74) is 1.69. The van der Waals surface area contributed by atoms with Gasteiger partial charge >= 0.3 is 0 Å². The Labute approximate surface area is 146 Å². The molecule has 7 heteroatoms. The van der Waals surface area contributed by atoms with Crippen LogP contribution in [-0.4, -0.2) is 34.3 Å². The maximum absolute atomic E-state index is 12.1. The van der Waals surface area contributed by atoms with Gasteiger partial charge in [0.05, 0.1) is 6.10 Å². The third-order valence-electron chi connectivity index (χ3n) is 3.26. The first-order valence-corrected chi connectivity index (χ1v) is 7.27. The van der Waals surface area contributed by atoms with Gasteiger partial charge in [0.2, 0.25) is 0 Å². The molecule has 0 bridgehead atoms. The van der Waals surface area contributed by atoms with Crippen molar-refractivity contribution in [3.8, 4) is 11.5 Å². The molecule has 2 rings (SSSR count). The van der Waals surface area contributed by atoms with Crippen molar-refractivity contribution in [2.75, 3.05) is 0 Å². The summed E-state index contributed by atoms with van der Waals surface area (Å²) in [5, 5.41) is 20.5. The molecule has 2 amide bonds. The molecule has 2 aromatic carbocycles. The van der Waals surface area contributed by atoms with E-state index in [4.69, 9.17) is 9.94 Å². The number of amides is 2. The van der Waals surface area contributed by atoms with Crippen LogP contribution in [0.5, 0.6) is 11.5 Å². The highest BCUT2D eigenvalue weighted by atomic mass is 16.5. The first-order valence-electron chi connectivity index (χ1n) is 7.27. The Hall–Kier alpha value is -2.90. The minimum atomic E-state index is -1.26. The molecule has 0 aliphatic rings. The maximum Gasteiger partial charge on any atom is 0.268 e. The van der Waals surface area contributed by atoms with Crippen molar-refractivity contribution in [1.29, 1.82) is 0 Å². The number of aliphatic hydroxyl groups excluding tert-OH is 1. The third kappa shape index (κ3) is 5.59. The molecule has 0 aliphatic carbocycles. The average molecular weight is 346 g/mol. The fourth-order valence-electron chi connectivity index (χ4n) is 2.00. The van der Waals surface area contributed by atoms with Gasteiger partial charge in [-0.1, -0.05) is 25.6 Å². The highest BCUT2D eigenvalue weighted by Gasteiger charge is 2.25. The Morgan fingerprint density at radius 1 is 1.00 bits per heavy atom. The van der Waals surface area contributed by atoms with Crippen molar-refractivity contribution in [3.05, 3.63) is 60.2 Å². The minimum absolute atomic E-state index is 0. The first kappa shape index (κ1) is 20.1. The third-order valence-corrected chi connectivity index (χ3v) is 3.26. The quantitative estimate of drug-likeness (QED) is 0.473. The smallest absolute Gasteiger partial charge is 0.268 e. The van der Waals surface area contributed by atoms with Crippen LogP contribution in [0.25, 0.3) is 0 Å². The molecule has 0 fully saturated rings. The average Bonchev–Trinajstić information content (AvgIpc) is 2.60. The van der Waals surface area contributed by atoms with E-state index in [1.165, 1.54) is 24.5 Å². The number of benzene rings is 2. The predicted molar refractivity (Wildman–Crippen MR) is 92.6 cm³/mol. The van der Waals surface area contributed by atoms with Crippen molar-refractivity contribution >= 4 is 11.8 Å². The predicted octanol–water partition coefficient (Wildman–Crippen LogP) is 2.10. The molecule has 0 radical (unpaired) electrons. The zero-order valence-electron chi connectivity index (χ0n) is 13.0. The normalized spacial score (nSPS) is 12.3. The Balaban J connectivity index is 0.00000312. The SMILES string of the molecule is C.C[C@@H](O)[C@H](NC(=O)c1ccc(Oc2ccccc2)cc1)C(=O)NO.